The molecule has 1 nitrogen and oxygen atoms in total. The molecule has 0 aromatic heterocycles. The van der Waals surface area contributed by atoms with Gasteiger partial charge in [-0.1, -0.05) is 40.4 Å². The van der Waals surface area contributed by atoms with Gasteiger partial charge in [-0.25, -0.2) is 0 Å². The molecule has 0 saturated heterocycles. The van der Waals surface area contributed by atoms with Crippen molar-refractivity contribution in [2.24, 2.45) is 0 Å². The first-order chi connectivity index (χ1) is 7.35. The molecule has 0 rings (SSSR count). The van der Waals surface area contributed by atoms with Crippen LogP contribution >= 0.6 is 0 Å². The van der Waals surface area contributed by atoms with E-state index in [1.54, 1.807) is 0 Å². The van der Waals surface area contributed by atoms with E-state index in [2.05, 4.69) is 71.9 Å². The van der Waals surface area contributed by atoms with E-state index < -0.39 is 16.4 Å². The van der Waals surface area contributed by atoms with Crippen molar-refractivity contribution in [2.75, 3.05) is 0 Å². The first kappa shape index (κ1) is 17.0. The second-order valence-electron chi connectivity index (χ2n) is 7.44. The van der Waals surface area contributed by atoms with Crippen LogP contribution in [-0.4, -0.2) is 22.5 Å². The molecule has 0 saturated carbocycles. The largest absolute Gasteiger partial charge is 0.413 e. The van der Waals surface area contributed by atoms with Gasteiger partial charge in [-0.05, 0) is 25.1 Å². The molecular formula is C14H30OSi2. The highest BCUT2D eigenvalue weighted by Crippen LogP contribution is 2.37. The topological polar surface area (TPSA) is 9.23 Å². The fourth-order valence-electron chi connectivity index (χ4n) is 1.18. The van der Waals surface area contributed by atoms with Gasteiger partial charge in [-0.2, -0.15) is 0 Å². The minimum atomic E-state index is -1.62. The lowest BCUT2D eigenvalue weighted by Crippen LogP contribution is -2.43. The van der Waals surface area contributed by atoms with Gasteiger partial charge in [0, 0.05) is 6.42 Å². The second-order valence-corrected chi connectivity index (χ2v) is 17.0. The van der Waals surface area contributed by atoms with Gasteiger partial charge in [0.2, 0.25) is 0 Å². The molecule has 100 valence electrons. The zero-order valence-electron chi connectivity index (χ0n) is 13.2. The van der Waals surface area contributed by atoms with Crippen LogP contribution in [0.25, 0.3) is 0 Å². The van der Waals surface area contributed by atoms with E-state index in [4.69, 9.17) is 4.43 Å². The summed E-state index contributed by atoms with van der Waals surface area (Å²) in [5.41, 5.74) is 3.40. The zero-order valence-corrected chi connectivity index (χ0v) is 15.2. The average Bonchev–Trinajstić information content (AvgIpc) is 1.97. The molecule has 0 amide bonds. The Kier molecular flexibility index (Phi) is 5.71. The molecule has 0 spiro atoms. The maximum atomic E-state index is 6.27. The highest BCUT2D eigenvalue weighted by molar-refractivity contribution is 6.83. The van der Waals surface area contributed by atoms with Gasteiger partial charge in [0.1, 0.15) is 8.07 Å². The minimum absolute atomic E-state index is 0.264. The highest BCUT2D eigenvalue weighted by atomic mass is 28.4. The highest BCUT2D eigenvalue weighted by Gasteiger charge is 2.38. The summed E-state index contributed by atoms with van der Waals surface area (Å²) in [7, 11) is -2.84. The Morgan fingerprint density at radius 2 is 1.53 bits per heavy atom. The molecule has 0 bridgehead atoms. The third-order valence-electron chi connectivity index (χ3n) is 3.15. The van der Waals surface area contributed by atoms with Crippen molar-refractivity contribution in [3.05, 3.63) is 0 Å². The maximum absolute atomic E-state index is 6.27. The van der Waals surface area contributed by atoms with Crippen LogP contribution < -0.4 is 0 Å². The van der Waals surface area contributed by atoms with Crippen molar-refractivity contribution >= 4 is 16.4 Å². The van der Waals surface area contributed by atoms with Crippen LogP contribution in [0.4, 0.5) is 0 Å². The smallest absolute Gasteiger partial charge is 0.192 e. The van der Waals surface area contributed by atoms with Crippen molar-refractivity contribution in [2.45, 2.75) is 78.0 Å². The summed E-state index contributed by atoms with van der Waals surface area (Å²) < 4.78 is 6.27. The molecule has 0 aromatic rings. The summed E-state index contributed by atoms with van der Waals surface area (Å²) in [5.74, 6) is 3.31. The monoisotopic (exact) mass is 270 g/mol. The van der Waals surface area contributed by atoms with Gasteiger partial charge in [0.25, 0.3) is 0 Å². The van der Waals surface area contributed by atoms with E-state index in [-0.39, 0.29) is 11.1 Å². The Labute approximate surface area is 110 Å². The summed E-state index contributed by atoms with van der Waals surface area (Å²) in [6, 6.07) is 0. The molecule has 1 atom stereocenters. The summed E-state index contributed by atoms with van der Waals surface area (Å²) >= 11 is 0. The molecule has 0 radical (unpaired) electrons. The molecule has 0 fully saturated rings. The van der Waals surface area contributed by atoms with E-state index in [9.17, 15) is 0 Å². The predicted molar refractivity (Wildman–Crippen MR) is 83.5 cm³/mol. The Bertz CT molecular complexity index is 297. The number of hydrogen-bond acceptors (Lipinski definition) is 1. The van der Waals surface area contributed by atoms with Crippen LogP contribution in [0.3, 0.4) is 0 Å². The van der Waals surface area contributed by atoms with E-state index in [1.165, 1.54) is 0 Å². The molecule has 3 heteroatoms. The lowest BCUT2D eigenvalue weighted by atomic mass is 10.2. The molecule has 0 aliphatic carbocycles. The normalized spacial score (nSPS) is 15.1. The molecule has 0 aliphatic heterocycles. The standard InChI is InChI=1S/C14H30OSi2/c1-13(11-10-12-16(5,6)7)15-17(8,9)14(2,3)4/h13H,11H2,1-9H3. The summed E-state index contributed by atoms with van der Waals surface area (Å²) in [6.45, 7) is 20.4. The maximum Gasteiger partial charge on any atom is 0.192 e. The Morgan fingerprint density at radius 3 is 1.88 bits per heavy atom. The van der Waals surface area contributed by atoms with Crippen molar-refractivity contribution in [3.8, 4) is 11.5 Å². The lowest BCUT2D eigenvalue weighted by Gasteiger charge is -2.38. The Hall–Kier alpha value is -0.0462. The van der Waals surface area contributed by atoms with E-state index in [0.29, 0.717) is 0 Å². The zero-order chi connectivity index (χ0) is 13.9. The molecule has 1 unspecified atom stereocenters. The van der Waals surface area contributed by atoms with E-state index >= 15 is 0 Å². The van der Waals surface area contributed by atoms with Crippen molar-refractivity contribution in [3.63, 3.8) is 0 Å². The first-order valence-corrected chi connectivity index (χ1v) is 12.9. The average molecular weight is 271 g/mol. The lowest BCUT2D eigenvalue weighted by molar-refractivity contribution is 0.204. The van der Waals surface area contributed by atoms with Crippen molar-refractivity contribution in [1.82, 2.24) is 0 Å². The SMILES string of the molecule is CC(CC#C[Si](C)(C)C)O[Si](C)(C)C(C)(C)C. The quantitative estimate of drug-likeness (QED) is 0.535. The third kappa shape index (κ3) is 7.07. The molecular weight excluding hydrogens is 240 g/mol. The minimum Gasteiger partial charge on any atom is -0.413 e. The van der Waals surface area contributed by atoms with E-state index in [1.807, 2.05) is 0 Å². The second kappa shape index (κ2) is 5.73. The third-order valence-corrected chi connectivity index (χ3v) is 8.69. The fraction of sp³-hybridized carbons (Fsp3) is 0.857. The van der Waals surface area contributed by atoms with Crippen LogP contribution in [-0.2, 0) is 4.43 Å². The molecule has 0 aliphatic rings. The van der Waals surface area contributed by atoms with Gasteiger partial charge in [0.05, 0.1) is 6.10 Å². The fourth-order valence-corrected chi connectivity index (χ4v) is 3.26. The number of hydrogen-bond donors (Lipinski definition) is 0. The van der Waals surface area contributed by atoms with Gasteiger partial charge < -0.3 is 4.43 Å². The van der Waals surface area contributed by atoms with Crippen LogP contribution in [0.5, 0.6) is 0 Å². The number of rotatable bonds is 3. The first-order valence-electron chi connectivity index (χ1n) is 6.53. The van der Waals surface area contributed by atoms with Crippen LogP contribution in [0.15, 0.2) is 0 Å². The summed E-state index contributed by atoms with van der Waals surface area (Å²) in [6.07, 6.45) is 1.14. The predicted octanol–water partition coefficient (Wildman–Crippen LogP) is 4.67. The van der Waals surface area contributed by atoms with Gasteiger partial charge in [0.15, 0.2) is 8.32 Å². The molecule has 17 heavy (non-hydrogen) atoms. The summed E-state index contributed by atoms with van der Waals surface area (Å²) in [4.78, 5) is 0. The Morgan fingerprint density at radius 1 is 1.06 bits per heavy atom. The van der Waals surface area contributed by atoms with Gasteiger partial charge >= 0.3 is 0 Å². The van der Waals surface area contributed by atoms with Gasteiger partial charge in [-0.3, -0.25) is 0 Å². The molecule has 0 aromatic carbocycles. The summed E-state index contributed by atoms with van der Waals surface area (Å²) in [5, 5.41) is 0.285. The van der Waals surface area contributed by atoms with Crippen LogP contribution in [0.2, 0.25) is 37.8 Å². The van der Waals surface area contributed by atoms with Crippen molar-refractivity contribution in [1.29, 1.82) is 0 Å². The van der Waals surface area contributed by atoms with E-state index in [0.717, 1.165) is 6.42 Å². The Balaban J connectivity index is 4.37. The van der Waals surface area contributed by atoms with Gasteiger partial charge in [-0.15, -0.1) is 11.5 Å². The van der Waals surface area contributed by atoms with Crippen LogP contribution in [0.1, 0.15) is 34.1 Å². The van der Waals surface area contributed by atoms with Crippen LogP contribution in [0, 0.1) is 11.5 Å². The van der Waals surface area contributed by atoms with Crippen molar-refractivity contribution < 1.29 is 4.43 Å². The molecule has 0 heterocycles. The molecule has 0 N–H and O–H groups in total.